The summed E-state index contributed by atoms with van der Waals surface area (Å²) >= 11 is 0. The molecule has 0 aromatic heterocycles. The predicted octanol–water partition coefficient (Wildman–Crippen LogP) is 4.23. The standard InChI is InChI=1S/C20H20O5/c1-11-12(2)20(14-4-6-16-18(8-14)24-10-22-16)25-19(11)13-3-5-15-17(7-13)23-9-21-15/h3-8,11-12,19-20H,9-10H2,1-2H3/t11-,12-,19-,20-/m1/s1. The molecular formula is C20H20O5. The zero-order valence-electron chi connectivity index (χ0n) is 14.2. The monoisotopic (exact) mass is 340 g/mol. The van der Waals surface area contributed by atoms with Crippen molar-refractivity contribution in [3.8, 4) is 23.0 Å². The van der Waals surface area contributed by atoms with Crippen molar-refractivity contribution in [2.24, 2.45) is 11.8 Å². The molecule has 0 bridgehead atoms. The molecule has 1 saturated heterocycles. The first kappa shape index (κ1) is 14.9. The van der Waals surface area contributed by atoms with E-state index < -0.39 is 0 Å². The van der Waals surface area contributed by atoms with Crippen LogP contribution in [0.2, 0.25) is 0 Å². The molecule has 4 atom stereocenters. The van der Waals surface area contributed by atoms with Crippen LogP contribution in [0, 0.1) is 11.8 Å². The van der Waals surface area contributed by atoms with Crippen molar-refractivity contribution < 1.29 is 23.7 Å². The molecule has 25 heavy (non-hydrogen) atoms. The number of fused-ring (bicyclic) bond motifs is 2. The van der Waals surface area contributed by atoms with Crippen molar-refractivity contribution in [3.63, 3.8) is 0 Å². The molecule has 0 amide bonds. The largest absolute Gasteiger partial charge is 0.454 e. The minimum atomic E-state index is 0.0277. The molecule has 0 N–H and O–H groups in total. The van der Waals surface area contributed by atoms with Crippen LogP contribution in [0.5, 0.6) is 23.0 Å². The molecule has 3 heterocycles. The highest BCUT2D eigenvalue weighted by molar-refractivity contribution is 5.47. The average Bonchev–Trinajstić information content (AvgIpc) is 3.34. The third kappa shape index (κ3) is 2.34. The summed E-state index contributed by atoms with van der Waals surface area (Å²) in [4.78, 5) is 0. The van der Waals surface area contributed by atoms with E-state index in [1.807, 2.05) is 24.3 Å². The van der Waals surface area contributed by atoms with Crippen LogP contribution in [0.3, 0.4) is 0 Å². The summed E-state index contributed by atoms with van der Waals surface area (Å²) in [5, 5.41) is 0. The van der Waals surface area contributed by atoms with Crippen LogP contribution in [-0.2, 0) is 4.74 Å². The summed E-state index contributed by atoms with van der Waals surface area (Å²) in [7, 11) is 0. The third-order valence-corrected chi connectivity index (χ3v) is 5.53. The van der Waals surface area contributed by atoms with Gasteiger partial charge in [0.15, 0.2) is 23.0 Å². The Morgan fingerprint density at radius 2 is 1.08 bits per heavy atom. The van der Waals surface area contributed by atoms with Gasteiger partial charge >= 0.3 is 0 Å². The van der Waals surface area contributed by atoms with Crippen molar-refractivity contribution in [2.45, 2.75) is 26.1 Å². The van der Waals surface area contributed by atoms with Crippen LogP contribution in [0.4, 0.5) is 0 Å². The number of rotatable bonds is 2. The summed E-state index contributed by atoms with van der Waals surface area (Å²) in [6, 6.07) is 12.2. The molecule has 3 aliphatic heterocycles. The maximum absolute atomic E-state index is 6.48. The highest BCUT2D eigenvalue weighted by Crippen LogP contribution is 2.51. The third-order valence-electron chi connectivity index (χ3n) is 5.53. The fourth-order valence-corrected chi connectivity index (χ4v) is 3.90. The fraction of sp³-hybridized carbons (Fsp3) is 0.400. The van der Waals surface area contributed by atoms with Crippen molar-refractivity contribution >= 4 is 0 Å². The molecule has 0 unspecified atom stereocenters. The van der Waals surface area contributed by atoms with Gasteiger partial charge in [-0.25, -0.2) is 0 Å². The summed E-state index contributed by atoms with van der Waals surface area (Å²) in [5.41, 5.74) is 2.26. The summed E-state index contributed by atoms with van der Waals surface area (Å²) < 4.78 is 28.3. The van der Waals surface area contributed by atoms with Gasteiger partial charge in [-0.3, -0.25) is 0 Å². The quantitative estimate of drug-likeness (QED) is 0.819. The lowest BCUT2D eigenvalue weighted by Crippen LogP contribution is -2.09. The van der Waals surface area contributed by atoms with Crippen molar-refractivity contribution in [3.05, 3.63) is 47.5 Å². The van der Waals surface area contributed by atoms with Crippen molar-refractivity contribution in [2.75, 3.05) is 13.6 Å². The molecule has 1 fully saturated rings. The summed E-state index contributed by atoms with van der Waals surface area (Å²) in [6.07, 6.45) is 0.0554. The molecule has 5 heteroatoms. The Labute approximate surface area is 146 Å². The molecule has 3 aliphatic rings. The number of ether oxygens (including phenoxy) is 5. The Kier molecular flexibility index (Phi) is 3.31. The Morgan fingerprint density at radius 1 is 0.640 bits per heavy atom. The summed E-state index contributed by atoms with van der Waals surface area (Å²) in [6.45, 7) is 5.06. The average molecular weight is 340 g/mol. The van der Waals surface area contributed by atoms with E-state index in [1.54, 1.807) is 0 Å². The van der Waals surface area contributed by atoms with E-state index in [0.717, 1.165) is 34.1 Å². The van der Waals surface area contributed by atoms with Gasteiger partial charge in [-0.05, 0) is 47.2 Å². The molecule has 0 aliphatic carbocycles. The van der Waals surface area contributed by atoms with E-state index in [0.29, 0.717) is 11.8 Å². The highest BCUT2D eigenvalue weighted by atomic mass is 16.7. The first-order chi connectivity index (χ1) is 12.2. The van der Waals surface area contributed by atoms with Gasteiger partial charge in [0, 0.05) is 0 Å². The molecule has 2 aromatic rings. The Bertz CT molecular complexity index is 750. The second-order valence-corrected chi connectivity index (χ2v) is 6.92. The van der Waals surface area contributed by atoms with E-state index in [4.69, 9.17) is 23.7 Å². The van der Waals surface area contributed by atoms with Crippen LogP contribution in [0.1, 0.15) is 37.2 Å². The minimum Gasteiger partial charge on any atom is -0.454 e. The first-order valence-corrected chi connectivity index (χ1v) is 8.65. The van der Waals surface area contributed by atoms with Crippen molar-refractivity contribution in [1.29, 1.82) is 0 Å². The van der Waals surface area contributed by atoms with Crippen LogP contribution in [-0.4, -0.2) is 13.6 Å². The van der Waals surface area contributed by atoms with E-state index >= 15 is 0 Å². The van der Waals surface area contributed by atoms with E-state index in [-0.39, 0.29) is 25.8 Å². The molecule has 2 aromatic carbocycles. The number of benzene rings is 2. The van der Waals surface area contributed by atoms with Gasteiger partial charge in [0.2, 0.25) is 13.6 Å². The van der Waals surface area contributed by atoms with Crippen LogP contribution >= 0.6 is 0 Å². The normalized spacial score (nSPS) is 29.2. The maximum Gasteiger partial charge on any atom is 0.231 e. The molecule has 5 rings (SSSR count). The lowest BCUT2D eigenvalue weighted by Gasteiger charge is -2.17. The van der Waals surface area contributed by atoms with E-state index in [2.05, 4.69) is 26.0 Å². The maximum atomic E-state index is 6.48. The van der Waals surface area contributed by atoms with Gasteiger partial charge in [0.1, 0.15) is 0 Å². The molecule has 0 spiro atoms. The van der Waals surface area contributed by atoms with Crippen LogP contribution in [0.25, 0.3) is 0 Å². The molecule has 130 valence electrons. The zero-order valence-corrected chi connectivity index (χ0v) is 14.2. The van der Waals surface area contributed by atoms with Gasteiger partial charge < -0.3 is 23.7 Å². The predicted molar refractivity (Wildman–Crippen MR) is 90.0 cm³/mol. The highest BCUT2D eigenvalue weighted by Gasteiger charge is 2.41. The zero-order chi connectivity index (χ0) is 17.0. The number of hydrogen-bond donors (Lipinski definition) is 0. The van der Waals surface area contributed by atoms with Crippen LogP contribution in [0.15, 0.2) is 36.4 Å². The second-order valence-electron chi connectivity index (χ2n) is 6.92. The Hall–Kier alpha value is -2.40. The molecule has 0 saturated carbocycles. The van der Waals surface area contributed by atoms with Gasteiger partial charge in [-0.1, -0.05) is 26.0 Å². The SMILES string of the molecule is C[C@@H]1[C@@H](C)[C@H](c2ccc3c(c2)OCO3)O[C@H]1c1ccc2c(c1)OCO2. The van der Waals surface area contributed by atoms with Crippen molar-refractivity contribution in [1.82, 2.24) is 0 Å². The Balaban J connectivity index is 1.44. The fourth-order valence-electron chi connectivity index (χ4n) is 3.90. The van der Waals surface area contributed by atoms with Gasteiger partial charge in [0.25, 0.3) is 0 Å². The van der Waals surface area contributed by atoms with E-state index in [1.165, 1.54) is 0 Å². The van der Waals surface area contributed by atoms with E-state index in [9.17, 15) is 0 Å². The smallest absolute Gasteiger partial charge is 0.231 e. The van der Waals surface area contributed by atoms with Gasteiger partial charge in [-0.2, -0.15) is 0 Å². The summed E-state index contributed by atoms with van der Waals surface area (Å²) in [5.74, 6) is 3.97. The molecule has 5 nitrogen and oxygen atoms in total. The number of hydrogen-bond acceptors (Lipinski definition) is 5. The Morgan fingerprint density at radius 3 is 1.56 bits per heavy atom. The van der Waals surface area contributed by atoms with Gasteiger partial charge in [0.05, 0.1) is 12.2 Å². The first-order valence-electron chi connectivity index (χ1n) is 8.65. The molecule has 0 radical (unpaired) electrons. The lowest BCUT2D eigenvalue weighted by atomic mass is 9.85. The minimum absolute atomic E-state index is 0.0277. The lowest BCUT2D eigenvalue weighted by molar-refractivity contribution is 0.0288. The van der Waals surface area contributed by atoms with Gasteiger partial charge in [-0.15, -0.1) is 0 Å². The molecular weight excluding hydrogens is 320 g/mol. The topological polar surface area (TPSA) is 46.2 Å². The van der Waals surface area contributed by atoms with Crippen LogP contribution < -0.4 is 18.9 Å². The second kappa shape index (κ2) is 5.56.